The number of fused-ring (bicyclic) bond motifs is 1. The van der Waals surface area contributed by atoms with E-state index in [1.807, 2.05) is 41.9 Å². The highest BCUT2D eigenvalue weighted by atomic mass is 32.1. The zero-order valence-corrected chi connectivity index (χ0v) is 15.5. The van der Waals surface area contributed by atoms with Crippen LogP contribution >= 0.6 is 11.3 Å². The summed E-state index contributed by atoms with van der Waals surface area (Å²) < 4.78 is 10.5. The molecule has 26 heavy (non-hydrogen) atoms. The minimum Gasteiger partial charge on any atom is -0.454 e. The fraction of sp³-hybridized carbons (Fsp3) is 0.333. The van der Waals surface area contributed by atoms with Crippen molar-refractivity contribution in [1.29, 1.82) is 0 Å². The highest BCUT2D eigenvalue weighted by Gasteiger charge is 2.19. The summed E-state index contributed by atoms with van der Waals surface area (Å²) in [7, 11) is 3.88. The van der Waals surface area contributed by atoms with Crippen molar-refractivity contribution < 1.29 is 19.1 Å². The van der Waals surface area contributed by atoms with Crippen LogP contribution in [0.25, 0.3) is 0 Å². The van der Waals surface area contributed by atoms with E-state index in [0.29, 0.717) is 18.0 Å². The van der Waals surface area contributed by atoms with E-state index in [1.165, 1.54) is 0 Å². The number of amides is 2. The first-order valence-electron chi connectivity index (χ1n) is 8.17. The molecule has 3 rings (SSSR count). The maximum absolute atomic E-state index is 12.1. The minimum atomic E-state index is -0.662. The molecule has 2 aromatic rings. The average Bonchev–Trinajstić information content (AvgIpc) is 3.30. The van der Waals surface area contributed by atoms with E-state index in [4.69, 9.17) is 9.47 Å². The lowest BCUT2D eigenvalue weighted by molar-refractivity contribution is -0.139. The van der Waals surface area contributed by atoms with Crippen molar-refractivity contribution in [2.75, 3.05) is 27.4 Å². The summed E-state index contributed by atoms with van der Waals surface area (Å²) >= 11 is 1.60. The first kappa shape index (κ1) is 18.2. The van der Waals surface area contributed by atoms with Crippen molar-refractivity contribution in [3.8, 4) is 11.5 Å². The van der Waals surface area contributed by atoms with Crippen molar-refractivity contribution in [3.05, 3.63) is 46.2 Å². The highest BCUT2D eigenvalue weighted by Crippen LogP contribution is 2.32. The molecule has 0 radical (unpaired) electrons. The average molecular weight is 375 g/mol. The quantitative estimate of drug-likeness (QED) is 0.749. The van der Waals surface area contributed by atoms with E-state index < -0.39 is 11.8 Å². The van der Waals surface area contributed by atoms with Crippen LogP contribution in [0.15, 0.2) is 35.0 Å². The van der Waals surface area contributed by atoms with E-state index >= 15 is 0 Å². The van der Waals surface area contributed by atoms with Gasteiger partial charge in [-0.3, -0.25) is 9.59 Å². The molecule has 0 saturated carbocycles. The van der Waals surface area contributed by atoms with Crippen LogP contribution in [-0.2, 0) is 16.1 Å². The SMILES string of the molecule is CN(C)[C@H](CNC(=O)C(=O)NCc1ccc2c(c1)OCO2)c1ccsc1. The molecule has 2 heterocycles. The number of hydrogen-bond donors (Lipinski definition) is 2. The van der Waals surface area contributed by atoms with Crippen molar-refractivity contribution in [3.63, 3.8) is 0 Å². The van der Waals surface area contributed by atoms with Crippen LogP contribution in [0.3, 0.4) is 0 Å². The third-order valence-electron chi connectivity index (χ3n) is 4.10. The topological polar surface area (TPSA) is 79.9 Å². The van der Waals surface area contributed by atoms with E-state index in [2.05, 4.69) is 10.6 Å². The Labute approximate surface area is 155 Å². The molecule has 2 N–H and O–H groups in total. The molecule has 0 aliphatic carbocycles. The predicted molar refractivity (Wildman–Crippen MR) is 98.2 cm³/mol. The second kappa shape index (κ2) is 8.20. The molecule has 1 aromatic heterocycles. The molecule has 138 valence electrons. The normalized spacial score (nSPS) is 13.5. The zero-order valence-electron chi connectivity index (χ0n) is 14.7. The summed E-state index contributed by atoms with van der Waals surface area (Å²) in [4.78, 5) is 26.1. The number of ether oxygens (including phenoxy) is 2. The number of carbonyl (C=O) groups excluding carboxylic acids is 2. The van der Waals surface area contributed by atoms with Crippen LogP contribution in [-0.4, -0.2) is 44.1 Å². The first-order valence-corrected chi connectivity index (χ1v) is 9.12. The van der Waals surface area contributed by atoms with Gasteiger partial charge in [-0.1, -0.05) is 6.07 Å². The number of nitrogens with zero attached hydrogens (tertiary/aromatic N) is 1. The standard InChI is InChI=1S/C18H21N3O4S/c1-21(2)14(13-5-6-26-10-13)9-20-18(23)17(22)19-8-12-3-4-15-16(7-12)25-11-24-15/h3-7,10,14H,8-9,11H2,1-2H3,(H,19,22)(H,20,23)/t14-/m1/s1. The molecule has 0 bridgehead atoms. The lowest BCUT2D eigenvalue weighted by Gasteiger charge is -2.23. The molecule has 0 fully saturated rings. The Hall–Kier alpha value is -2.58. The monoisotopic (exact) mass is 375 g/mol. The second-order valence-electron chi connectivity index (χ2n) is 6.12. The Morgan fingerprint density at radius 3 is 2.65 bits per heavy atom. The third-order valence-corrected chi connectivity index (χ3v) is 4.81. The van der Waals surface area contributed by atoms with Gasteiger partial charge in [0.25, 0.3) is 0 Å². The van der Waals surface area contributed by atoms with Gasteiger partial charge in [0.05, 0.1) is 6.04 Å². The van der Waals surface area contributed by atoms with E-state index in [0.717, 1.165) is 11.1 Å². The number of benzene rings is 1. The van der Waals surface area contributed by atoms with Gasteiger partial charge < -0.3 is 25.0 Å². The Kier molecular flexibility index (Phi) is 5.75. The van der Waals surface area contributed by atoms with E-state index in [1.54, 1.807) is 23.5 Å². The van der Waals surface area contributed by atoms with Gasteiger partial charge in [0.1, 0.15) is 0 Å². The maximum Gasteiger partial charge on any atom is 0.309 e. The molecule has 1 aliphatic rings. The summed E-state index contributed by atoms with van der Waals surface area (Å²) in [6, 6.07) is 7.43. The number of carbonyl (C=O) groups is 2. The van der Waals surface area contributed by atoms with Crippen LogP contribution < -0.4 is 20.1 Å². The Morgan fingerprint density at radius 1 is 1.15 bits per heavy atom. The summed E-state index contributed by atoms with van der Waals surface area (Å²) in [6.07, 6.45) is 0. The lowest BCUT2D eigenvalue weighted by Crippen LogP contribution is -2.42. The molecule has 2 amide bonds. The Bertz CT molecular complexity index is 777. The maximum atomic E-state index is 12.1. The summed E-state index contributed by atoms with van der Waals surface area (Å²) in [6.45, 7) is 0.801. The number of thiophene rings is 1. The van der Waals surface area contributed by atoms with Crippen LogP contribution in [0.1, 0.15) is 17.2 Å². The molecule has 7 nitrogen and oxygen atoms in total. The van der Waals surface area contributed by atoms with Crippen LogP contribution in [0.2, 0.25) is 0 Å². The van der Waals surface area contributed by atoms with Gasteiger partial charge in [0.2, 0.25) is 6.79 Å². The van der Waals surface area contributed by atoms with Gasteiger partial charge in [-0.15, -0.1) is 0 Å². The van der Waals surface area contributed by atoms with Crippen LogP contribution in [0, 0.1) is 0 Å². The van der Waals surface area contributed by atoms with E-state index in [9.17, 15) is 9.59 Å². The van der Waals surface area contributed by atoms with Crippen molar-refractivity contribution in [2.45, 2.75) is 12.6 Å². The van der Waals surface area contributed by atoms with Crippen molar-refractivity contribution >= 4 is 23.2 Å². The van der Waals surface area contributed by atoms with Gasteiger partial charge in [-0.25, -0.2) is 0 Å². The highest BCUT2D eigenvalue weighted by molar-refractivity contribution is 7.07. The molecule has 1 atom stereocenters. The minimum absolute atomic E-state index is 0.0202. The van der Waals surface area contributed by atoms with Crippen LogP contribution in [0.5, 0.6) is 11.5 Å². The summed E-state index contributed by atoms with van der Waals surface area (Å²) in [5.41, 5.74) is 1.95. The van der Waals surface area contributed by atoms with Crippen molar-refractivity contribution in [2.24, 2.45) is 0 Å². The first-order chi connectivity index (χ1) is 12.5. The van der Waals surface area contributed by atoms with Gasteiger partial charge in [-0.05, 0) is 54.2 Å². The smallest absolute Gasteiger partial charge is 0.309 e. The van der Waals surface area contributed by atoms with Gasteiger partial charge in [0, 0.05) is 13.1 Å². The molecule has 0 unspecified atom stereocenters. The third kappa shape index (κ3) is 4.33. The molecule has 8 heteroatoms. The molecular formula is C18H21N3O4S. The second-order valence-corrected chi connectivity index (χ2v) is 6.90. The van der Waals surface area contributed by atoms with Crippen molar-refractivity contribution in [1.82, 2.24) is 15.5 Å². The van der Waals surface area contributed by atoms with Crippen LogP contribution in [0.4, 0.5) is 0 Å². The largest absolute Gasteiger partial charge is 0.454 e. The van der Waals surface area contributed by atoms with E-state index in [-0.39, 0.29) is 19.4 Å². The Morgan fingerprint density at radius 2 is 1.92 bits per heavy atom. The molecule has 0 spiro atoms. The van der Waals surface area contributed by atoms with Gasteiger partial charge >= 0.3 is 11.8 Å². The number of nitrogens with one attached hydrogen (secondary N) is 2. The molecule has 0 saturated heterocycles. The lowest BCUT2D eigenvalue weighted by atomic mass is 10.1. The summed E-state index contributed by atoms with van der Waals surface area (Å²) in [5, 5.41) is 9.35. The summed E-state index contributed by atoms with van der Waals surface area (Å²) in [5.74, 6) is 0.0186. The number of rotatable bonds is 6. The molecular weight excluding hydrogens is 354 g/mol. The zero-order chi connectivity index (χ0) is 18.5. The van der Waals surface area contributed by atoms with Gasteiger partial charge in [-0.2, -0.15) is 11.3 Å². The Balaban J connectivity index is 1.49. The number of hydrogen-bond acceptors (Lipinski definition) is 6. The van der Waals surface area contributed by atoms with Gasteiger partial charge in [0.15, 0.2) is 11.5 Å². The predicted octanol–water partition coefficient (Wildman–Crippen LogP) is 1.51. The molecule has 1 aliphatic heterocycles. The fourth-order valence-electron chi connectivity index (χ4n) is 2.65. The fourth-order valence-corrected chi connectivity index (χ4v) is 3.35. The molecule has 1 aromatic carbocycles. The number of likely N-dealkylation sites (N-methyl/N-ethyl adjacent to an activating group) is 1.